The maximum absolute atomic E-state index is 13.3. The Morgan fingerprint density at radius 2 is 1.86 bits per heavy atom. The van der Waals surface area contributed by atoms with Crippen LogP contribution in [0.5, 0.6) is 11.5 Å². The number of nitrogens with one attached hydrogen (secondary N) is 1. The molecule has 190 valence electrons. The number of nitrogens with zero attached hydrogens (tertiary/aromatic N) is 1. The number of rotatable bonds is 8. The molecule has 1 aliphatic heterocycles. The summed E-state index contributed by atoms with van der Waals surface area (Å²) in [5, 5.41) is 1.92. The van der Waals surface area contributed by atoms with Gasteiger partial charge in [0.25, 0.3) is 11.1 Å². The fraction of sp³-hybridized carbons (Fsp3) is 0.115. The van der Waals surface area contributed by atoms with Gasteiger partial charge in [0.15, 0.2) is 11.5 Å². The molecular weight excluding hydrogens is 725 g/mol. The number of benzene rings is 3. The quantitative estimate of drug-likeness (QED) is 0.216. The summed E-state index contributed by atoms with van der Waals surface area (Å²) >= 11 is 5.11. The van der Waals surface area contributed by atoms with Crippen LogP contribution in [0.15, 0.2) is 65.6 Å². The van der Waals surface area contributed by atoms with Crippen molar-refractivity contribution >= 4 is 85.8 Å². The lowest BCUT2D eigenvalue weighted by Gasteiger charge is -2.14. The summed E-state index contributed by atoms with van der Waals surface area (Å²) in [4.78, 5) is 38.7. The van der Waals surface area contributed by atoms with Crippen LogP contribution in [0.1, 0.15) is 11.1 Å². The molecule has 1 N–H and O–H groups in total. The van der Waals surface area contributed by atoms with Crippen LogP contribution in [0.25, 0.3) is 6.08 Å². The van der Waals surface area contributed by atoms with E-state index in [0.717, 1.165) is 35.4 Å². The molecule has 1 heterocycles. The minimum Gasteiger partial charge on any atom is -0.493 e. The lowest BCUT2D eigenvalue weighted by Crippen LogP contribution is -2.36. The summed E-state index contributed by atoms with van der Waals surface area (Å²) in [7, 11) is 1.53. The summed E-state index contributed by atoms with van der Waals surface area (Å²) in [6, 6.07) is 16.9. The van der Waals surface area contributed by atoms with E-state index in [1.165, 1.54) is 25.3 Å². The Bertz CT molecular complexity index is 1400. The van der Waals surface area contributed by atoms with Crippen molar-refractivity contribution in [1.82, 2.24) is 4.90 Å². The molecule has 1 saturated heterocycles. The number of methoxy groups -OCH3 is 1. The number of hydrogen-bond acceptors (Lipinski definition) is 6. The van der Waals surface area contributed by atoms with Crippen LogP contribution in [-0.2, 0) is 16.2 Å². The molecule has 3 aromatic rings. The smallest absolute Gasteiger partial charge is 0.294 e. The number of anilines is 1. The second-order valence-electron chi connectivity index (χ2n) is 7.78. The molecule has 0 aromatic heterocycles. The third kappa shape index (κ3) is 7.02. The van der Waals surface area contributed by atoms with E-state index in [1.54, 1.807) is 12.1 Å². The van der Waals surface area contributed by atoms with Crippen LogP contribution in [0.4, 0.5) is 14.9 Å². The van der Waals surface area contributed by atoms with Crippen molar-refractivity contribution < 1.29 is 28.2 Å². The molecule has 0 unspecified atom stereocenters. The van der Waals surface area contributed by atoms with Gasteiger partial charge in [0, 0.05) is 9.26 Å². The first-order valence-electron chi connectivity index (χ1n) is 10.8. The van der Waals surface area contributed by atoms with Crippen LogP contribution in [0.3, 0.4) is 0 Å². The summed E-state index contributed by atoms with van der Waals surface area (Å²) in [5.41, 5.74) is 1.88. The van der Waals surface area contributed by atoms with E-state index >= 15 is 0 Å². The number of thioether (sulfide) groups is 1. The molecule has 1 aliphatic rings. The molecule has 1 fully saturated rings. The Morgan fingerprint density at radius 3 is 2.57 bits per heavy atom. The number of imide groups is 1. The predicted octanol–water partition coefficient (Wildman–Crippen LogP) is 6.30. The van der Waals surface area contributed by atoms with Crippen molar-refractivity contribution in [3.63, 3.8) is 0 Å². The maximum Gasteiger partial charge on any atom is 0.294 e. The van der Waals surface area contributed by atoms with Gasteiger partial charge in [-0.15, -0.1) is 0 Å². The van der Waals surface area contributed by atoms with Crippen molar-refractivity contribution in [2.75, 3.05) is 19.0 Å². The lowest BCUT2D eigenvalue weighted by atomic mass is 10.1. The second-order valence-corrected chi connectivity index (χ2v) is 11.2. The van der Waals surface area contributed by atoms with Gasteiger partial charge in [-0.2, -0.15) is 0 Å². The molecule has 0 aliphatic carbocycles. The average molecular weight is 744 g/mol. The zero-order valence-electron chi connectivity index (χ0n) is 19.3. The van der Waals surface area contributed by atoms with Gasteiger partial charge in [-0.1, -0.05) is 18.2 Å². The third-order valence-electron chi connectivity index (χ3n) is 5.13. The minimum absolute atomic E-state index is 0.175. The number of amides is 3. The zero-order chi connectivity index (χ0) is 26.5. The monoisotopic (exact) mass is 744 g/mol. The second kappa shape index (κ2) is 12.3. The van der Waals surface area contributed by atoms with E-state index in [0.29, 0.717) is 23.7 Å². The van der Waals surface area contributed by atoms with Crippen molar-refractivity contribution in [3.05, 3.63) is 89.7 Å². The highest BCUT2D eigenvalue weighted by Crippen LogP contribution is 2.37. The van der Waals surface area contributed by atoms with E-state index in [9.17, 15) is 18.8 Å². The third-order valence-corrected chi connectivity index (χ3v) is 7.56. The van der Waals surface area contributed by atoms with Gasteiger partial charge in [-0.05, 0) is 117 Å². The van der Waals surface area contributed by atoms with Gasteiger partial charge < -0.3 is 14.8 Å². The fourth-order valence-electron chi connectivity index (χ4n) is 3.40. The Hall–Kier alpha value is -2.65. The zero-order valence-corrected chi connectivity index (χ0v) is 24.4. The topological polar surface area (TPSA) is 84.9 Å². The highest BCUT2D eigenvalue weighted by atomic mass is 127. The number of carbonyl (C=O) groups excluding carboxylic acids is 3. The van der Waals surface area contributed by atoms with E-state index in [-0.39, 0.29) is 10.6 Å². The van der Waals surface area contributed by atoms with E-state index < -0.39 is 29.4 Å². The average Bonchev–Trinajstić information content (AvgIpc) is 3.11. The largest absolute Gasteiger partial charge is 0.493 e. The highest BCUT2D eigenvalue weighted by molar-refractivity contribution is 14.1. The van der Waals surface area contributed by atoms with Crippen LogP contribution in [0, 0.1) is 13.0 Å². The van der Waals surface area contributed by atoms with E-state index in [2.05, 4.69) is 50.5 Å². The molecule has 7 nitrogen and oxygen atoms in total. The van der Waals surface area contributed by atoms with Gasteiger partial charge >= 0.3 is 0 Å². The molecule has 3 amide bonds. The van der Waals surface area contributed by atoms with Gasteiger partial charge in [-0.25, -0.2) is 4.39 Å². The van der Waals surface area contributed by atoms with E-state index in [4.69, 9.17) is 9.47 Å². The summed E-state index contributed by atoms with van der Waals surface area (Å²) < 4.78 is 26.8. The normalized spacial score (nSPS) is 14.3. The summed E-state index contributed by atoms with van der Waals surface area (Å²) in [6.45, 7) is -0.121. The number of hydrogen-bond donors (Lipinski definition) is 1. The van der Waals surface area contributed by atoms with Crippen LogP contribution >= 0.6 is 56.9 Å². The predicted molar refractivity (Wildman–Crippen MR) is 157 cm³/mol. The van der Waals surface area contributed by atoms with Crippen LogP contribution in [0.2, 0.25) is 0 Å². The molecule has 11 heteroatoms. The van der Waals surface area contributed by atoms with Crippen molar-refractivity contribution in [2.45, 2.75) is 6.61 Å². The maximum atomic E-state index is 13.3. The number of ether oxygens (including phenoxy) is 2. The first-order chi connectivity index (χ1) is 17.7. The molecule has 0 saturated carbocycles. The Balaban J connectivity index is 1.46. The molecule has 37 heavy (non-hydrogen) atoms. The van der Waals surface area contributed by atoms with Gasteiger partial charge in [0.1, 0.15) is 19.0 Å². The van der Waals surface area contributed by atoms with Crippen molar-refractivity contribution in [3.8, 4) is 11.5 Å². The van der Waals surface area contributed by atoms with Crippen molar-refractivity contribution in [1.29, 1.82) is 0 Å². The molecule has 0 spiro atoms. The van der Waals surface area contributed by atoms with Crippen LogP contribution < -0.4 is 14.8 Å². The van der Waals surface area contributed by atoms with E-state index in [1.807, 2.05) is 30.3 Å². The standard InChI is InChI=1S/C26H19FI2N2O5S/c1-35-21-10-16(9-20(29)24(21)36-14-15-5-7-18(28)8-6-15)11-22-25(33)31(26(34)37-22)13-23(32)30-19-4-2-3-17(27)12-19/h2-12H,13-14H2,1H3,(H,30,32)/b22-11+. The molecule has 0 radical (unpaired) electrons. The Morgan fingerprint density at radius 1 is 1.11 bits per heavy atom. The summed E-state index contributed by atoms with van der Waals surface area (Å²) in [6.07, 6.45) is 1.57. The first-order valence-corrected chi connectivity index (χ1v) is 13.8. The van der Waals surface area contributed by atoms with Crippen LogP contribution in [-0.4, -0.2) is 35.6 Å². The SMILES string of the molecule is COc1cc(/C=C2/SC(=O)N(CC(=O)Nc3cccc(F)c3)C2=O)cc(I)c1OCc1ccc(I)cc1. The minimum atomic E-state index is -0.611. The molecular formula is C26H19FI2N2O5S. The fourth-order valence-corrected chi connectivity index (χ4v) is 5.38. The number of halogens is 3. The summed E-state index contributed by atoms with van der Waals surface area (Å²) in [5.74, 6) is -0.654. The van der Waals surface area contributed by atoms with Gasteiger partial charge in [-0.3, -0.25) is 19.3 Å². The van der Waals surface area contributed by atoms with Crippen molar-refractivity contribution in [2.24, 2.45) is 0 Å². The Labute approximate surface area is 244 Å². The molecule has 0 atom stereocenters. The molecule has 3 aromatic carbocycles. The highest BCUT2D eigenvalue weighted by Gasteiger charge is 2.36. The molecule has 0 bridgehead atoms. The molecule has 4 rings (SSSR count). The van der Waals surface area contributed by atoms with Gasteiger partial charge in [0.2, 0.25) is 5.91 Å². The lowest BCUT2D eigenvalue weighted by molar-refractivity contribution is -0.127. The first kappa shape index (κ1) is 27.4. The van der Waals surface area contributed by atoms with Gasteiger partial charge in [0.05, 0.1) is 15.6 Å². The Kier molecular flexibility index (Phi) is 9.08. The number of carbonyl (C=O) groups is 3.